The van der Waals surface area contributed by atoms with Crippen LogP contribution in [0.5, 0.6) is 0 Å². The Kier molecular flexibility index (Phi) is 2.57. The number of hydrogen-bond acceptors (Lipinski definition) is 3. The highest BCUT2D eigenvalue weighted by molar-refractivity contribution is 7.14. The molecule has 68 valence electrons. The molecule has 0 amide bonds. The highest BCUT2D eigenvalue weighted by Crippen LogP contribution is 2.26. The van der Waals surface area contributed by atoms with Crippen LogP contribution < -0.4 is 5.32 Å². The zero-order chi connectivity index (χ0) is 9.10. The van der Waals surface area contributed by atoms with Crippen LogP contribution in [0.2, 0.25) is 0 Å². The molecule has 3 heteroatoms. The van der Waals surface area contributed by atoms with Gasteiger partial charge in [-0.25, -0.2) is 0 Å². The average Bonchev–Trinajstić information content (AvgIpc) is 2.67. The lowest BCUT2D eigenvalue weighted by Gasteiger charge is -2.11. The van der Waals surface area contributed by atoms with E-state index < -0.39 is 0 Å². The molecule has 0 saturated carbocycles. The molecule has 1 aliphatic heterocycles. The molecule has 0 unspecified atom stereocenters. The summed E-state index contributed by atoms with van der Waals surface area (Å²) in [5, 5.41) is 3.26. The van der Waals surface area contributed by atoms with Crippen molar-refractivity contribution in [2.45, 2.75) is 6.42 Å². The van der Waals surface area contributed by atoms with Crippen molar-refractivity contribution in [2.75, 3.05) is 13.1 Å². The van der Waals surface area contributed by atoms with Crippen molar-refractivity contribution in [1.29, 1.82) is 0 Å². The third-order valence-corrected chi connectivity index (χ3v) is 3.21. The van der Waals surface area contributed by atoms with Gasteiger partial charge in [0.1, 0.15) is 0 Å². The molecule has 0 radical (unpaired) electrons. The van der Waals surface area contributed by atoms with Crippen LogP contribution in [0.15, 0.2) is 18.2 Å². The van der Waals surface area contributed by atoms with E-state index in [1.54, 1.807) is 11.3 Å². The van der Waals surface area contributed by atoms with Crippen molar-refractivity contribution < 1.29 is 4.79 Å². The molecule has 0 spiro atoms. The molecule has 1 aromatic heterocycles. The van der Waals surface area contributed by atoms with Gasteiger partial charge >= 0.3 is 0 Å². The van der Waals surface area contributed by atoms with Gasteiger partial charge < -0.3 is 5.32 Å². The molecule has 2 nitrogen and oxygen atoms in total. The Morgan fingerprint density at radius 3 is 3.00 bits per heavy atom. The maximum atomic E-state index is 10.5. The van der Waals surface area contributed by atoms with Crippen LogP contribution in [0, 0.1) is 0 Å². The zero-order valence-electron chi connectivity index (χ0n) is 7.25. The largest absolute Gasteiger partial charge is 0.313 e. The fourth-order valence-corrected chi connectivity index (χ4v) is 2.33. The first-order valence-electron chi connectivity index (χ1n) is 4.35. The normalized spacial score (nSPS) is 16.8. The fraction of sp³-hybridized carbons (Fsp3) is 0.300. The van der Waals surface area contributed by atoms with E-state index in [2.05, 4.69) is 11.4 Å². The molecule has 13 heavy (non-hydrogen) atoms. The zero-order valence-corrected chi connectivity index (χ0v) is 8.06. The second-order valence-corrected chi connectivity index (χ2v) is 4.12. The van der Waals surface area contributed by atoms with Crippen LogP contribution >= 0.6 is 11.3 Å². The Hall–Kier alpha value is -0.930. The topological polar surface area (TPSA) is 29.1 Å². The van der Waals surface area contributed by atoms with Crippen LogP contribution in [-0.4, -0.2) is 19.4 Å². The number of aldehydes is 1. The van der Waals surface area contributed by atoms with Gasteiger partial charge in [0, 0.05) is 11.4 Å². The summed E-state index contributed by atoms with van der Waals surface area (Å²) in [4.78, 5) is 12.5. The van der Waals surface area contributed by atoms with Crippen LogP contribution in [0.1, 0.15) is 21.0 Å². The highest BCUT2D eigenvalue weighted by atomic mass is 32.1. The first-order chi connectivity index (χ1) is 6.40. The lowest BCUT2D eigenvalue weighted by molar-refractivity contribution is 0.112. The Labute approximate surface area is 81.3 Å². The monoisotopic (exact) mass is 193 g/mol. The van der Waals surface area contributed by atoms with E-state index in [1.165, 1.54) is 10.5 Å². The van der Waals surface area contributed by atoms with Gasteiger partial charge in [-0.3, -0.25) is 4.79 Å². The van der Waals surface area contributed by atoms with E-state index in [9.17, 15) is 4.79 Å². The number of hydrogen-bond donors (Lipinski definition) is 1. The maximum Gasteiger partial charge on any atom is 0.160 e. The van der Waals surface area contributed by atoms with Gasteiger partial charge in [0.05, 0.1) is 4.88 Å². The average molecular weight is 193 g/mol. The van der Waals surface area contributed by atoms with Crippen LogP contribution in [0.4, 0.5) is 0 Å². The maximum absolute atomic E-state index is 10.5. The van der Waals surface area contributed by atoms with E-state index in [1.807, 2.05) is 12.1 Å². The Morgan fingerprint density at radius 2 is 2.38 bits per heavy atom. The summed E-state index contributed by atoms with van der Waals surface area (Å²) in [6.07, 6.45) is 4.18. The van der Waals surface area contributed by atoms with E-state index in [-0.39, 0.29) is 0 Å². The van der Waals surface area contributed by atoms with E-state index in [0.717, 1.165) is 30.7 Å². The van der Waals surface area contributed by atoms with Crippen LogP contribution in [-0.2, 0) is 0 Å². The summed E-state index contributed by atoms with van der Waals surface area (Å²) in [5.74, 6) is 0. The number of nitrogens with one attached hydrogen (secondary N) is 1. The van der Waals surface area contributed by atoms with Crippen molar-refractivity contribution in [2.24, 2.45) is 0 Å². The first kappa shape index (κ1) is 8.66. The van der Waals surface area contributed by atoms with Gasteiger partial charge in [-0.15, -0.1) is 11.3 Å². The van der Waals surface area contributed by atoms with Gasteiger partial charge in [-0.05, 0) is 30.7 Å². The predicted molar refractivity (Wildman–Crippen MR) is 55.2 cm³/mol. The summed E-state index contributed by atoms with van der Waals surface area (Å²) >= 11 is 1.58. The molecular formula is C10H11NOS. The van der Waals surface area contributed by atoms with E-state index in [0.29, 0.717) is 0 Å². The smallest absolute Gasteiger partial charge is 0.160 e. The predicted octanol–water partition coefficient (Wildman–Crippen LogP) is 1.94. The fourth-order valence-electron chi connectivity index (χ4n) is 1.44. The minimum absolute atomic E-state index is 0.814. The minimum atomic E-state index is 0.814. The van der Waals surface area contributed by atoms with E-state index in [4.69, 9.17) is 0 Å². The summed E-state index contributed by atoms with van der Waals surface area (Å²) < 4.78 is 0. The quantitative estimate of drug-likeness (QED) is 0.727. The van der Waals surface area contributed by atoms with Gasteiger partial charge in [0.15, 0.2) is 6.29 Å². The number of carbonyl (C=O) groups is 1. The number of carbonyl (C=O) groups excluding carboxylic acids is 1. The van der Waals surface area contributed by atoms with Crippen molar-refractivity contribution >= 4 is 23.2 Å². The summed E-state index contributed by atoms with van der Waals surface area (Å²) in [6.45, 7) is 1.99. The molecule has 2 heterocycles. The molecule has 0 atom stereocenters. The second kappa shape index (κ2) is 3.85. The molecular weight excluding hydrogens is 182 g/mol. The SMILES string of the molecule is O=Cc1ccc(C2=CCNCC2)s1. The molecule has 1 aromatic rings. The third kappa shape index (κ3) is 1.87. The Bertz CT molecular complexity index is 340. The lowest BCUT2D eigenvalue weighted by atomic mass is 10.1. The summed E-state index contributed by atoms with van der Waals surface area (Å²) in [7, 11) is 0. The molecule has 0 aromatic carbocycles. The Morgan fingerprint density at radius 1 is 1.46 bits per heavy atom. The van der Waals surface area contributed by atoms with Gasteiger partial charge in [0.2, 0.25) is 0 Å². The highest BCUT2D eigenvalue weighted by Gasteiger charge is 2.07. The second-order valence-electron chi connectivity index (χ2n) is 3.00. The van der Waals surface area contributed by atoms with E-state index >= 15 is 0 Å². The van der Waals surface area contributed by atoms with Crippen molar-refractivity contribution in [1.82, 2.24) is 5.32 Å². The first-order valence-corrected chi connectivity index (χ1v) is 5.17. The van der Waals surface area contributed by atoms with Crippen molar-refractivity contribution in [3.8, 4) is 0 Å². The summed E-state index contributed by atoms with van der Waals surface area (Å²) in [6, 6.07) is 3.92. The molecule has 1 N–H and O–H groups in total. The van der Waals surface area contributed by atoms with Gasteiger partial charge in [0.25, 0.3) is 0 Å². The molecule has 0 aliphatic carbocycles. The number of rotatable bonds is 2. The lowest BCUT2D eigenvalue weighted by Crippen LogP contribution is -2.19. The molecule has 0 fully saturated rings. The van der Waals surface area contributed by atoms with Gasteiger partial charge in [-0.1, -0.05) is 6.08 Å². The van der Waals surface area contributed by atoms with Crippen LogP contribution in [0.3, 0.4) is 0 Å². The van der Waals surface area contributed by atoms with Gasteiger partial charge in [-0.2, -0.15) is 0 Å². The third-order valence-electron chi connectivity index (χ3n) is 2.12. The summed E-state index contributed by atoms with van der Waals surface area (Å²) in [5.41, 5.74) is 1.37. The Balaban J connectivity index is 2.23. The number of thiophene rings is 1. The molecule has 2 rings (SSSR count). The molecule has 0 bridgehead atoms. The van der Waals surface area contributed by atoms with Crippen molar-refractivity contribution in [3.05, 3.63) is 28.0 Å². The minimum Gasteiger partial charge on any atom is -0.313 e. The molecule has 0 saturated heterocycles. The van der Waals surface area contributed by atoms with Crippen LogP contribution in [0.25, 0.3) is 5.57 Å². The molecule has 1 aliphatic rings. The van der Waals surface area contributed by atoms with Crippen molar-refractivity contribution in [3.63, 3.8) is 0 Å². The standard InChI is InChI=1S/C10H11NOS/c12-7-9-1-2-10(13-9)8-3-5-11-6-4-8/h1-3,7,11H,4-6H2.